The molecule has 0 radical (unpaired) electrons. The first-order valence-electron chi connectivity index (χ1n) is 10.8. The molecule has 204 valence electrons. The molecule has 0 aromatic heterocycles. The first-order valence-corrected chi connectivity index (χ1v) is 10.8. The lowest BCUT2D eigenvalue weighted by Crippen LogP contribution is -2.58. The first-order chi connectivity index (χ1) is 16.6. The summed E-state index contributed by atoms with van der Waals surface area (Å²) < 4.78 is 0. The number of aliphatic carboxylic acids is 2. The van der Waals surface area contributed by atoms with Crippen LogP contribution < -0.4 is 38.9 Å². The van der Waals surface area contributed by atoms with Crippen molar-refractivity contribution in [2.75, 3.05) is 6.54 Å². The zero-order valence-electron chi connectivity index (χ0n) is 19.7. The smallest absolute Gasteiger partial charge is 0.326 e. The number of aliphatic hydroxyl groups excluding tert-OH is 1. The molecule has 5 unspecified atom stereocenters. The van der Waals surface area contributed by atoms with Crippen molar-refractivity contribution in [3.05, 3.63) is 0 Å². The molecular formula is C19H34N8O9. The van der Waals surface area contributed by atoms with Crippen LogP contribution in [0.1, 0.15) is 39.0 Å². The van der Waals surface area contributed by atoms with Crippen molar-refractivity contribution in [3.8, 4) is 0 Å². The van der Waals surface area contributed by atoms with Crippen molar-refractivity contribution in [2.24, 2.45) is 27.9 Å². The summed E-state index contributed by atoms with van der Waals surface area (Å²) in [5.74, 6) is -6.96. The molecule has 36 heavy (non-hydrogen) atoms. The third-order valence-electron chi connectivity index (χ3n) is 4.70. The van der Waals surface area contributed by atoms with Gasteiger partial charge in [-0.25, -0.2) is 4.79 Å². The van der Waals surface area contributed by atoms with E-state index in [4.69, 9.17) is 28.0 Å². The molecule has 0 saturated carbocycles. The van der Waals surface area contributed by atoms with Gasteiger partial charge in [0.05, 0.1) is 12.5 Å². The van der Waals surface area contributed by atoms with E-state index in [0.29, 0.717) is 0 Å². The highest BCUT2D eigenvalue weighted by Crippen LogP contribution is 2.05. The summed E-state index contributed by atoms with van der Waals surface area (Å²) in [6.45, 7) is 1.28. The molecule has 17 nitrogen and oxygen atoms in total. The van der Waals surface area contributed by atoms with E-state index < -0.39 is 85.1 Å². The van der Waals surface area contributed by atoms with Gasteiger partial charge in [-0.2, -0.15) is 0 Å². The molecule has 0 heterocycles. The number of amides is 4. The number of hydrogen-bond acceptors (Lipinski definition) is 9. The summed E-state index contributed by atoms with van der Waals surface area (Å²) in [5, 5.41) is 34.1. The largest absolute Gasteiger partial charge is 0.481 e. The molecule has 0 spiro atoms. The minimum atomic E-state index is -1.57. The predicted octanol–water partition coefficient (Wildman–Crippen LogP) is -4.97. The van der Waals surface area contributed by atoms with Gasteiger partial charge in [-0.05, 0) is 26.2 Å². The van der Waals surface area contributed by atoms with Crippen molar-refractivity contribution < 1.29 is 44.1 Å². The van der Waals surface area contributed by atoms with Gasteiger partial charge in [-0.3, -0.25) is 29.0 Å². The van der Waals surface area contributed by atoms with Crippen LogP contribution in [-0.2, 0) is 28.8 Å². The number of rotatable bonds is 17. The van der Waals surface area contributed by atoms with Crippen LogP contribution in [0.25, 0.3) is 0 Å². The molecule has 14 N–H and O–H groups in total. The number of nitrogens with two attached hydrogens (primary N) is 4. The van der Waals surface area contributed by atoms with Gasteiger partial charge in [0.15, 0.2) is 5.96 Å². The van der Waals surface area contributed by atoms with E-state index >= 15 is 0 Å². The number of hydrogen-bond donors (Lipinski definition) is 10. The topological polar surface area (TPSA) is 316 Å². The number of aliphatic hydroxyl groups is 1. The van der Waals surface area contributed by atoms with Crippen LogP contribution in [0.2, 0.25) is 0 Å². The van der Waals surface area contributed by atoms with E-state index in [1.54, 1.807) is 0 Å². The number of aliphatic imine (C=N–C) groups is 1. The lowest BCUT2D eigenvalue weighted by atomic mass is 10.1. The zero-order valence-corrected chi connectivity index (χ0v) is 19.7. The second kappa shape index (κ2) is 15.8. The Morgan fingerprint density at radius 1 is 0.833 bits per heavy atom. The number of carboxylic acids is 2. The maximum absolute atomic E-state index is 12.8. The van der Waals surface area contributed by atoms with Crippen LogP contribution in [-0.4, -0.2) is 93.7 Å². The van der Waals surface area contributed by atoms with Crippen molar-refractivity contribution in [2.45, 2.75) is 69.3 Å². The van der Waals surface area contributed by atoms with Crippen LogP contribution in [0.3, 0.4) is 0 Å². The molecule has 0 aromatic rings. The van der Waals surface area contributed by atoms with E-state index in [1.807, 2.05) is 0 Å². The minimum Gasteiger partial charge on any atom is -0.481 e. The first kappa shape index (κ1) is 32.0. The quantitative estimate of drug-likeness (QED) is 0.0491. The van der Waals surface area contributed by atoms with Gasteiger partial charge in [-0.15, -0.1) is 0 Å². The Kier molecular flexibility index (Phi) is 14.1. The second-order valence-corrected chi connectivity index (χ2v) is 7.84. The maximum atomic E-state index is 12.8. The van der Waals surface area contributed by atoms with Crippen LogP contribution in [0.4, 0.5) is 0 Å². The number of carbonyl (C=O) groups excluding carboxylic acids is 4. The standard InChI is InChI=1S/C19H34N8O9/c1-8(28)14(21)17(34)27-11(7-12(20)29)16(33)25-9(3-2-6-24-19(22)23)15(32)26-10(18(35)36)4-5-13(30)31/h8-11,14,28H,2-7,21H2,1H3,(H2,20,29)(H,25,33)(H,26,32)(H,27,34)(H,30,31)(H,35,36)(H4,22,23,24). The Balaban J connectivity index is 5.68. The van der Waals surface area contributed by atoms with E-state index in [1.165, 1.54) is 6.92 Å². The highest BCUT2D eigenvalue weighted by atomic mass is 16.4. The molecule has 0 aliphatic heterocycles. The fourth-order valence-corrected chi connectivity index (χ4v) is 2.74. The monoisotopic (exact) mass is 518 g/mol. The third kappa shape index (κ3) is 13.0. The van der Waals surface area contributed by atoms with E-state index in [2.05, 4.69) is 20.9 Å². The second-order valence-electron chi connectivity index (χ2n) is 7.84. The molecule has 0 aromatic carbocycles. The van der Waals surface area contributed by atoms with Gasteiger partial charge in [0.25, 0.3) is 0 Å². The van der Waals surface area contributed by atoms with Gasteiger partial charge in [0, 0.05) is 13.0 Å². The fraction of sp³-hybridized carbons (Fsp3) is 0.632. The Morgan fingerprint density at radius 2 is 1.36 bits per heavy atom. The molecule has 0 bridgehead atoms. The van der Waals surface area contributed by atoms with Crippen molar-refractivity contribution in [3.63, 3.8) is 0 Å². The fourth-order valence-electron chi connectivity index (χ4n) is 2.74. The van der Waals surface area contributed by atoms with Gasteiger partial charge in [0.1, 0.15) is 24.2 Å². The Bertz CT molecular complexity index is 845. The summed E-state index contributed by atoms with van der Waals surface area (Å²) in [5.41, 5.74) is 21.1. The maximum Gasteiger partial charge on any atom is 0.326 e. The summed E-state index contributed by atoms with van der Waals surface area (Å²) in [6, 6.07) is -5.97. The molecule has 0 fully saturated rings. The van der Waals surface area contributed by atoms with Gasteiger partial charge >= 0.3 is 11.9 Å². The van der Waals surface area contributed by atoms with Crippen LogP contribution in [0.15, 0.2) is 4.99 Å². The molecule has 0 rings (SSSR count). The average molecular weight is 519 g/mol. The van der Waals surface area contributed by atoms with E-state index in [9.17, 15) is 39.0 Å². The summed E-state index contributed by atoms with van der Waals surface area (Å²) in [6.07, 6.45) is -2.90. The van der Waals surface area contributed by atoms with Gasteiger partial charge in [-0.1, -0.05) is 0 Å². The highest BCUT2D eigenvalue weighted by molar-refractivity contribution is 5.96. The number of guanidine groups is 1. The number of nitrogens with zero attached hydrogens (tertiary/aromatic N) is 1. The number of carboxylic acid groups (broad SMARTS) is 2. The summed E-state index contributed by atoms with van der Waals surface area (Å²) in [4.78, 5) is 75.1. The predicted molar refractivity (Wildman–Crippen MR) is 124 cm³/mol. The minimum absolute atomic E-state index is 0.0497. The Hall–Kier alpha value is -3.99. The van der Waals surface area contributed by atoms with Crippen LogP contribution in [0.5, 0.6) is 0 Å². The van der Waals surface area contributed by atoms with Crippen molar-refractivity contribution in [1.29, 1.82) is 0 Å². The van der Waals surface area contributed by atoms with E-state index in [-0.39, 0.29) is 25.3 Å². The number of primary amides is 1. The normalized spacial score (nSPS) is 14.8. The number of carbonyl (C=O) groups is 6. The highest BCUT2D eigenvalue weighted by Gasteiger charge is 2.31. The third-order valence-corrected chi connectivity index (χ3v) is 4.70. The molecule has 17 heteroatoms. The average Bonchev–Trinajstić information content (AvgIpc) is 2.76. The molecule has 5 atom stereocenters. The zero-order chi connectivity index (χ0) is 28.0. The van der Waals surface area contributed by atoms with E-state index in [0.717, 1.165) is 0 Å². The lowest BCUT2D eigenvalue weighted by Gasteiger charge is -2.25. The number of nitrogens with one attached hydrogen (secondary N) is 3. The Morgan fingerprint density at radius 3 is 1.83 bits per heavy atom. The molecule has 0 saturated heterocycles. The lowest BCUT2D eigenvalue weighted by molar-refractivity contribution is -0.143. The van der Waals surface area contributed by atoms with Gasteiger partial charge in [0.2, 0.25) is 23.6 Å². The summed E-state index contributed by atoms with van der Waals surface area (Å²) >= 11 is 0. The van der Waals surface area contributed by atoms with Crippen LogP contribution in [0, 0.1) is 0 Å². The molecule has 4 amide bonds. The molecule has 0 aliphatic carbocycles. The van der Waals surface area contributed by atoms with Crippen molar-refractivity contribution in [1.82, 2.24) is 16.0 Å². The van der Waals surface area contributed by atoms with Gasteiger partial charge < -0.3 is 54.2 Å². The van der Waals surface area contributed by atoms with Crippen LogP contribution >= 0.6 is 0 Å². The Labute approximate surface area is 206 Å². The summed E-state index contributed by atoms with van der Waals surface area (Å²) in [7, 11) is 0. The van der Waals surface area contributed by atoms with Crippen molar-refractivity contribution >= 4 is 41.5 Å². The SMILES string of the molecule is CC(O)C(N)C(=O)NC(CC(N)=O)C(=O)NC(CCCN=C(N)N)C(=O)NC(CCC(=O)O)C(=O)O. The molecule has 0 aliphatic rings. The molecular weight excluding hydrogens is 484 g/mol.